The normalized spacial score (nSPS) is 18.2. The summed E-state index contributed by atoms with van der Waals surface area (Å²) in [6.45, 7) is 1.65. The van der Waals surface area contributed by atoms with Crippen LogP contribution in [-0.2, 0) is 10.0 Å². The van der Waals surface area contributed by atoms with Gasteiger partial charge in [0.2, 0.25) is 10.0 Å². The van der Waals surface area contributed by atoms with Crippen molar-refractivity contribution in [3.05, 3.63) is 30.3 Å². The van der Waals surface area contributed by atoms with Crippen LogP contribution in [0.3, 0.4) is 0 Å². The second-order valence-corrected chi connectivity index (χ2v) is 8.12. The molecular formula is C16H23F3N2O2S. The zero-order chi connectivity index (χ0) is 17.8. The SMILES string of the molecule is CN(C1CCN(CCCC(F)(F)F)CC1)S(=O)(=O)c1ccccc1. The fourth-order valence-corrected chi connectivity index (χ4v) is 4.40. The smallest absolute Gasteiger partial charge is 0.303 e. The van der Waals surface area contributed by atoms with Crippen molar-refractivity contribution in [2.24, 2.45) is 0 Å². The lowest BCUT2D eigenvalue weighted by Crippen LogP contribution is -2.45. The average molecular weight is 364 g/mol. The second-order valence-electron chi connectivity index (χ2n) is 6.13. The molecule has 0 aliphatic carbocycles. The highest BCUT2D eigenvalue weighted by molar-refractivity contribution is 7.89. The number of piperidine rings is 1. The quantitative estimate of drug-likeness (QED) is 0.779. The molecule has 1 aromatic carbocycles. The number of hydrogen-bond donors (Lipinski definition) is 0. The largest absolute Gasteiger partial charge is 0.389 e. The molecule has 0 amide bonds. The highest BCUT2D eigenvalue weighted by atomic mass is 32.2. The third kappa shape index (κ3) is 5.19. The molecule has 4 nitrogen and oxygen atoms in total. The van der Waals surface area contributed by atoms with Gasteiger partial charge in [-0.1, -0.05) is 18.2 Å². The van der Waals surface area contributed by atoms with Gasteiger partial charge >= 0.3 is 6.18 Å². The lowest BCUT2D eigenvalue weighted by molar-refractivity contribution is -0.136. The molecule has 8 heteroatoms. The summed E-state index contributed by atoms with van der Waals surface area (Å²) >= 11 is 0. The Morgan fingerprint density at radius 3 is 2.29 bits per heavy atom. The van der Waals surface area contributed by atoms with Gasteiger partial charge in [-0.2, -0.15) is 17.5 Å². The standard InChI is InChI=1S/C16H23F3N2O2S/c1-20(24(22,23)15-6-3-2-4-7-15)14-8-12-21(13-9-14)11-5-10-16(17,18)19/h2-4,6-7,14H,5,8-13H2,1H3. The summed E-state index contributed by atoms with van der Waals surface area (Å²) < 4.78 is 63.1. The Bertz CT molecular complexity index is 612. The predicted octanol–water partition coefficient (Wildman–Crippen LogP) is 3.11. The molecule has 1 aliphatic rings. The van der Waals surface area contributed by atoms with E-state index in [1.165, 1.54) is 4.31 Å². The number of alkyl halides is 3. The summed E-state index contributed by atoms with van der Waals surface area (Å²) in [6, 6.07) is 8.15. The van der Waals surface area contributed by atoms with Crippen LogP contribution < -0.4 is 0 Å². The first-order valence-electron chi connectivity index (χ1n) is 8.02. The molecule has 0 unspecified atom stereocenters. The highest BCUT2D eigenvalue weighted by Crippen LogP contribution is 2.24. The minimum absolute atomic E-state index is 0.0896. The number of halogens is 3. The molecule has 24 heavy (non-hydrogen) atoms. The molecule has 1 aliphatic heterocycles. The van der Waals surface area contributed by atoms with Gasteiger partial charge < -0.3 is 4.90 Å². The second kappa shape index (κ2) is 7.84. The third-order valence-corrected chi connectivity index (χ3v) is 6.35. The Labute approximate surface area is 141 Å². The molecule has 0 saturated carbocycles. The fraction of sp³-hybridized carbons (Fsp3) is 0.625. The van der Waals surface area contributed by atoms with Gasteiger partial charge in [-0.25, -0.2) is 8.42 Å². The lowest BCUT2D eigenvalue weighted by atomic mass is 10.1. The van der Waals surface area contributed by atoms with E-state index < -0.39 is 22.6 Å². The summed E-state index contributed by atoms with van der Waals surface area (Å²) in [5.41, 5.74) is 0. The van der Waals surface area contributed by atoms with Crippen molar-refractivity contribution in [3.63, 3.8) is 0 Å². The molecule has 0 aromatic heterocycles. The maximum Gasteiger partial charge on any atom is 0.389 e. The highest BCUT2D eigenvalue weighted by Gasteiger charge is 2.31. The van der Waals surface area contributed by atoms with Crippen molar-refractivity contribution >= 4 is 10.0 Å². The van der Waals surface area contributed by atoms with E-state index in [2.05, 4.69) is 0 Å². The van der Waals surface area contributed by atoms with Crippen molar-refractivity contribution in [2.75, 3.05) is 26.7 Å². The van der Waals surface area contributed by atoms with E-state index in [4.69, 9.17) is 0 Å². The number of hydrogen-bond acceptors (Lipinski definition) is 3. The van der Waals surface area contributed by atoms with E-state index in [0.29, 0.717) is 32.5 Å². The first-order chi connectivity index (χ1) is 11.2. The van der Waals surface area contributed by atoms with Crippen LogP contribution in [0.1, 0.15) is 25.7 Å². The predicted molar refractivity (Wildman–Crippen MR) is 86.1 cm³/mol. The molecule has 0 radical (unpaired) electrons. The van der Waals surface area contributed by atoms with E-state index in [-0.39, 0.29) is 17.4 Å². The number of likely N-dealkylation sites (tertiary alicyclic amines) is 1. The van der Waals surface area contributed by atoms with Gasteiger partial charge in [-0.05, 0) is 51.0 Å². The lowest BCUT2D eigenvalue weighted by Gasteiger charge is -2.36. The van der Waals surface area contributed by atoms with Gasteiger partial charge in [0.25, 0.3) is 0 Å². The Kier molecular flexibility index (Phi) is 6.28. The summed E-state index contributed by atoms with van der Waals surface area (Å²) in [5, 5.41) is 0. The zero-order valence-electron chi connectivity index (χ0n) is 13.7. The van der Waals surface area contributed by atoms with Crippen molar-refractivity contribution < 1.29 is 21.6 Å². The Hall–Kier alpha value is -1.12. The molecule has 0 N–H and O–H groups in total. The van der Waals surface area contributed by atoms with E-state index >= 15 is 0 Å². The Morgan fingerprint density at radius 1 is 1.17 bits per heavy atom. The van der Waals surface area contributed by atoms with Gasteiger partial charge in [0.1, 0.15) is 0 Å². The molecular weight excluding hydrogens is 341 g/mol. The van der Waals surface area contributed by atoms with Gasteiger partial charge in [0, 0.05) is 19.5 Å². The summed E-state index contributed by atoms with van der Waals surface area (Å²) in [5.74, 6) is 0. The molecule has 1 aromatic rings. The van der Waals surface area contributed by atoms with E-state index in [1.54, 1.807) is 37.4 Å². The monoisotopic (exact) mass is 364 g/mol. The van der Waals surface area contributed by atoms with Gasteiger partial charge in [0.05, 0.1) is 4.90 Å². The molecule has 1 heterocycles. The van der Waals surface area contributed by atoms with Crippen LogP contribution in [0.25, 0.3) is 0 Å². The topological polar surface area (TPSA) is 40.6 Å². The minimum atomic E-state index is -4.11. The van der Waals surface area contributed by atoms with Gasteiger partial charge in [-0.3, -0.25) is 0 Å². The van der Waals surface area contributed by atoms with E-state index in [9.17, 15) is 21.6 Å². The van der Waals surface area contributed by atoms with Crippen molar-refractivity contribution in [1.82, 2.24) is 9.21 Å². The van der Waals surface area contributed by atoms with Crippen molar-refractivity contribution in [3.8, 4) is 0 Å². The number of sulfonamides is 1. The van der Waals surface area contributed by atoms with E-state index in [0.717, 1.165) is 0 Å². The number of rotatable bonds is 6. The maximum absolute atomic E-state index is 12.6. The molecule has 0 bridgehead atoms. The molecule has 1 fully saturated rings. The van der Waals surface area contributed by atoms with Crippen LogP contribution in [0.4, 0.5) is 13.2 Å². The van der Waals surface area contributed by atoms with Gasteiger partial charge in [-0.15, -0.1) is 0 Å². The molecule has 1 saturated heterocycles. The first kappa shape index (κ1) is 19.2. The molecule has 0 spiro atoms. The summed E-state index contributed by atoms with van der Waals surface area (Å²) in [6.07, 6.45) is -3.52. The Morgan fingerprint density at radius 2 is 1.75 bits per heavy atom. The van der Waals surface area contributed by atoms with Crippen LogP contribution in [-0.4, -0.2) is 56.5 Å². The number of nitrogens with zero attached hydrogens (tertiary/aromatic N) is 2. The Balaban J connectivity index is 1.86. The fourth-order valence-electron chi connectivity index (χ4n) is 2.96. The van der Waals surface area contributed by atoms with Crippen LogP contribution >= 0.6 is 0 Å². The van der Waals surface area contributed by atoms with Crippen molar-refractivity contribution in [1.29, 1.82) is 0 Å². The van der Waals surface area contributed by atoms with Crippen LogP contribution in [0.5, 0.6) is 0 Å². The average Bonchev–Trinajstić information content (AvgIpc) is 2.54. The molecule has 0 atom stereocenters. The zero-order valence-corrected chi connectivity index (χ0v) is 14.5. The maximum atomic E-state index is 12.6. The van der Waals surface area contributed by atoms with Crippen LogP contribution in [0.2, 0.25) is 0 Å². The minimum Gasteiger partial charge on any atom is -0.303 e. The summed E-state index contributed by atoms with van der Waals surface area (Å²) in [7, 11) is -1.95. The molecule has 2 rings (SSSR count). The number of benzene rings is 1. The summed E-state index contributed by atoms with van der Waals surface area (Å²) in [4.78, 5) is 2.24. The van der Waals surface area contributed by atoms with Crippen molar-refractivity contribution in [2.45, 2.75) is 42.8 Å². The molecule has 136 valence electrons. The van der Waals surface area contributed by atoms with Crippen LogP contribution in [0, 0.1) is 0 Å². The van der Waals surface area contributed by atoms with E-state index in [1.807, 2.05) is 4.90 Å². The third-order valence-electron chi connectivity index (χ3n) is 4.43. The van der Waals surface area contributed by atoms with Gasteiger partial charge in [0.15, 0.2) is 0 Å². The van der Waals surface area contributed by atoms with Crippen LogP contribution in [0.15, 0.2) is 35.2 Å². The first-order valence-corrected chi connectivity index (χ1v) is 9.46.